The molecule has 2 aromatic heterocycles. The highest BCUT2D eigenvalue weighted by atomic mass is 16.1. The number of hydrogen-bond donors (Lipinski definition) is 1. The molecule has 0 unspecified atom stereocenters. The Balaban J connectivity index is 1.77. The van der Waals surface area contributed by atoms with Gasteiger partial charge in [-0.15, -0.1) is 0 Å². The monoisotopic (exact) mass is 270 g/mol. The number of nitrogens with zero attached hydrogens (tertiary/aromatic N) is 3. The molecule has 0 bridgehead atoms. The Bertz CT molecular complexity index is 677. The lowest BCUT2D eigenvalue weighted by molar-refractivity contribution is 0.689. The normalized spacial score (nSPS) is 19.6. The van der Waals surface area contributed by atoms with Gasteiger partial charge in [-0.05, 0) is 25.7 Å². The molecular formula is C15H18N4O. The molecule has 0 saturated heterocycles. The van der Waals surface area contributed by atoms with Gasteiger partial charge in [-0.1, -0.05) is 12.8 Å². The van der Waals surface area contributed by atoms with Gasteiger partial charge in [-0.25, -0.2) is 9.97 Å². The van der Waals surface area contributed by atoms with Crippen LogP contribution in [0.4, 0.5) is 0 Å². The summed E-state index contributed by atoms with van der Waals surface area (Å²) in [4.78, 5) is 23.7. The third-order valence-corrected chi connectivity index (χ3v) is 4.38. The van der Waals surface area contributed by atoms with Gasteiger partial charge in [0.25, 0.3) is 5.56 Å². The number of aromatic nitrogens is 4. The van der Waals surface area contributed by atoms with E-state index in [1.807, 2.05) is 6.33 Å². The van der Waals surface area contributed by atoms with Crippen molar-refractivity contribution < 1.29 is 0 Å². The smallest absolute Gasteiger partial charge is 0.251 e. The number of hydrogen-bond acceptors (Lipinski definition) is 3. The van der Waals surface area contributed by atoms with Crippen molar-refractivity contribution in [3.8, 4) is 11.5 Å². The Labute approximate surface area is 117 Å². The molecule has 2 heterocycles. The molecule has 0 aromatic carbocycles. The first kappa shape index (κ1) is 11.9. The Morgan fingerprint density at radius 1 is 1.20 bits per heavy atom. The molecule has 104 valence electrons. The lowest BCUT2D eigenvalue weighted by atomic mass is 10.0. The van der Waals surface area contributed by atoms with E-state index in [1.54, 1.807) is 12.3 Å². The zero-order valence-corrected chi connectivity index (χ0v) is 11.4. The van der Waals surface area contributed by atoms with Gasteiger partial charge in [-0.2, -0.15) is 0 Å². The lowest BCUT2D eigenvalue weighted by Gasteiger charge is -2.11. The summed E-state index contributed by atoms with van der Waals surface area (Å²) in [6.45, 7) is 0. The summed E-state index contributed by atoms with van der Waals surface area (Å²) in [5.41, 5.74) is 1.83. The van der Waals surface area contributed by atoms with Gasteiger partial charge in [0.15, 0.2) is 5.82 Å². The molecule has 5 nitrogen and oxygen atoms in total. The first-order chi connectivity index (χ1) is 9.81. The van der Waals surface area contributed by atoms with Crippen LogP contribution in [-0.4, -0.2) is 19.5 Å². The van der Waals surface area contributed by atoms with Crippen LogP contribution >= 0.6 is 0 Å². The van der Waals surface area contributed by atoms with Crippen molar-refractivity contribution >= 4 is 0 Å². The summed E-state index contributed by atoms with van der Waals surface area (Å²) in [6, 6.07) is 2.20. The van der Waals surface area contributed by atoms with Crippen LogP contribution in [0.1, 0.15) is 56.2 Å². The summed E-state index contributed by atoms with van der Waals surface area (Å²) in [5.74, 6) is 1.12. The van der Waals surface area contributed by atoms with Crippen LogP contribution in [-0.2, 0) is 0 Å². The molecule has 1 N–H and O–H groups in total. The molecule has 4 rings (SSSR count). The van der Waals surface area contributed by atoms with E-state index in [1.165, 1.54) is 25.7 Å². The summed E-state index contributed by atoms with van der Waals surface area (Å²) in [6.07, 6.45) is 10.8. The summed E-state index contributed by atoms with van der Waals surface area (Å²) in [5, 5.41) is 0. The largest absolute Gasteiger partial charge is 0.325 e. The molecule has 0 amide bonds. The summed E-state index contributed by atoms with van der Waals surface area (Å²) < 4.78 is 2.14. The van der Waals surface area contributed by atoms with Gasteiger partial charge < -0.3 is 9.55 Å². The average molecular weight is 270 g/mol. The van der Waals surface area contributed by atoms with E-state index in [0.29, 0.717) is 17.8 Å². The van der Waals surface area contributed by atoms with E-state index in [9.17, 15) is 4.79 Å². The van der Waals surface area contributed by atoms with Crippen molar-refractivity contribution in [3.05, 3.63) is 34.6 Å². The number of nitrogens with one attached hydrogen (secondary N) is 1. The zero-order chi connectivity index (χ0) is 13.5. The van der Waals surface area contributed by atoms with Crippen LogP contribution in [0.5, 0.6) is 0 Å². The maximum atomic E-state index is 11.9. The Morgan fingerprint density at radius 3 is 2.75 bits per heavy atom. The first-order valence-corrected chi connectivity index (χ1v) is 7.45. The molecule has 2 fully saturated rings. The second kappa shape index (κ2) is 4.58. The highest BCUT2D eigenvalue weighted by molar-refractivity contribution is 5.49. The highest BCUT2D eigenvalue weighted by Gasteiger charge is 2.27. The molecule has 5 heteroatoms. The predicted octanol–water partition coefficient (Wildman–Crippen LogP) is 2.63. The standard InChI is InChI=1S/C15H18N4O/c20-14-7-12(10-3-1-2-4-10)17-15(18-14)13-8-16-9-19(13)11-5-6-11/h7-11H,1-6H2,(H,17,18,20). The van der Waals surface area contributed by atoms with Crippen molar-refractivity contribution in [1.29, 1.82) is 0 Å². The predicted molar refractivity (Wildman–Crippen MR) is 75.6 cm³/mol. The fraction of sp³-hybridized carbons (Fsp3) is 0.533. The van der Waals surface area contributed by atoms with Crippen molar-refractivity contribution in [1.82, 2.24) is 19.5 Å². The van der Waals surface area contributed by atoms with Gasteiger partial charge in [-0.3, -0.25) is 4.79 Å². The number of aromatic amines is 1. The minimum absolute atomic E-state index is 0.0551. The van der Waals surface area contributed by atoms with E-state index in [4.69, 9.17) is 4.98 Å². The fourth-order valence-electron chi connectivity index (χ4n) is 3.16. The minimum Gasteiger partial charge on any atom is -0.325 e. The van der Waals surface area contributed by atoms with E-state index in [2.05, 4.69) is 14.5 Å². The van der Waals surface area contributed by atoms with Crippen molar-refractivity contribution in [2.45, 2.75) is 50.5 Å². The summed E-state index contributed by atoms with van der Waals surface area (Å²) in [7, 11) is 0. The van der Waals surface area contributed by atoms with Gasteiger partial charge in [0.05, 0.1) is 18.2 Å². The second-order valence-corrected chi connectivity index (χ2v) is 5.92. The van der Waals surface area contributed by atoms with Crippen LogP contribution in [0.25, 0.3) is 11.5 Å². The van der Waals surface area contributed by atoms with Crippen LogP contribution in [0.2, 0.25) is 0 Å². The van der Waals surface area contributed by atoms with Crippen molar-refractivity contribution in [2.75, 3.05) is 0 Å². The van der Waals surface area contributed by atoms with E-state index in [-0.39, 0.29) is 5.56 Å². The maximum Gasteiger partial charge on any atom is 0.251 e. The topological polar surface area (TPSA) is 63.6 Å². The minimum atomic E-state index is -0.0551. The summed E-state index contributed by atoms with van der Waals surface area (Å²) >= 11 is 0. The third-order valence-electron chi connectivity index (χ3n) is 4.38. The lowest BCUT2D eigenvalue weighted by Crippen LogP contribution is -2.13. The molecule has 2 aliphatic carbocycles. The van der Waals surface area contributed by atoms with Crippen molar-refractivity contribution in [3.63, 3.8) is 0 Å². The van der Waals surface area contributed by atoms with Crippen LogP contribution in [0.3, 0.4) is 0 Å². The zero-order valence-electron chi connectivity index (χ0n) is 11.4. The second-order valence-electron chi connectivity index (χ2n) is 5.92. The van der Waals surface area contributed by atoms with Crippen LogP contribution in [0.15, 0.2) is 23.4 Å². The maximum absolute atomic E-state index is 11.9. The van der Waals surface area contributed by atoms with E-state index < -0.39 is 0 Å². The average Bonchev–Trinajstić information content (AvgIpc) is 2.96. The van der Waals surface area contributed by atoms with E-state index >= 15 is 0 Å². The molecule has 0 radical (unpaired) electrons. The first-order valence-electron chi connectivity index (χ1n) is 7.45. The quantitative estimate of drug-likeness (QED) is 0.932. The molecular weight excluding hydrogens is 252 g/mol. The Kier molecular flexibility index (Phi) is 2.72. The van der Waals surface area contributed by atoms with E-state index in [0.717, 1.165) is 24.2 Å². The Hall–Kier alpha value is -1.91. The molecule has 2 aliphatic rings. The van der Waals surface area contributed by atoms with Crippen molar-refractivity contribution in [2.24, 2.45) is 0 Å². The van der Waals surface area contributed by atoms with Crippen LogP contribution < -0.4 is 5.56 Å². The third kappa shape index (κ3) is 2.07. The highest BCUT2D eigenvalue weighted by Crippen LogP contribution is 2.38. The van der Waals surface area contributed by atoms with Gasteiger partial charge in [0, 0.05) is 18.0 Å². The molecule has 0 atom stereocenters. The van der Waals surface area contributed by atoms with Gasteiger partial charge in [0.1, 0.15) is 5.69 Å². The molecule has 20 heavy (non-hydrogen) atoms. The fourth-order valence-corrected chi connectivity index (χ4v) is 3.16. The van der Waals surface area contributed by atoms with Gasteiger partial charge in [0.2, 0.25) is 0 Å². The Morgan fingerprint density at radius 2 is 2.00 bits per heavy atom. The van der Waals surface area contributed by atoms with Gasteiger partial charge >= 0.3 is 0 Å². The molecule has 2 aromatic rings. The van der Waals surface area contributed by atoms with Crippen LogP contribution in [0, 0.1) is 0 Å². The number of rotatable bonds is 3. The number of imidazole rings is 1. The number of H-pyrrole nitrogens is 1. The molecule has 2 saturated carbocycles. The molecule has 0 aliphatic heterocycles. The SMILES string of the molecule is O=c1cc(C2CCCC2)nc(-c2cncn2C2CC2)[nH]1. The molecule has 0 spiro atoms.